The van der Waals surface area contributed by atoms with Gasteiger partial charge in [-0.3, -0.25) is 5.41 Å². The van der Waals surface area contributed by atoms with Crippen molar-refractivity contribution in [3.05, 3.63) is 108 Å². The quantitative estimate of drug-likeness (QED) is 0.0783. The SMILES string of the molecule is C=CCn1cc(C(=C)C)c2cc(-c3cnc4cc(C)nn4c3)ccc21.CC.CNCC(C)CC/C=C(/C=C\C(=N)Br)C(\Cl)=C\N. The number of nitrogens with one attached hydrogen (secondary N) is 2. The third kappa shape index (κ3) is 11.0. The molecule has 1 aromatic carbocycles. The zero-order chi connectivity index (χ0) is 33.5. The van der Waals surface area contributed by atoms with Gasteiger partial charge >= 0.3 is 0 Å². The maximum atomic E-state index is 7.29. The molecule has 240 valence electrons. The van der Waals surface area contributed by atoms with Crippen molar-refractivity contribution >= 4 is 54.3 Å². The van der Waals surface area contributed by atoms with Crippen LogP contribution in [0.4, 0.5) is 0 Å². The zero-order valence-corrected chi connectivity index (χ0v) is 29.7. The Labute approximate surface area is 281 Å². The van der Waals surface area contributed by atoms with Gasteiger partial charge in [0.1, 0.15) is 0 Å². The molecule has 45 heavy (non-hydrogen) atoms. The molecule has 0 amide bonds. The number of fused-ring (bicyclic) bond motifs is 2. The smallest absolute Gasteiger partial charge is 0.155 e. The lowest BCUT2D eigenvalue weighted by Gasteiger charge is -2.08. The van der Waals surface area contributed by atoms with E-state index >= 15 is 0 Å². The van der Waals surface area contributed by atoms with E-state index in [9.17, 15) is 0 Å². The van der Waals surface area contributed by atoms with Crippen LogP contribution in [0.5, 0.6) is 0 Å². The summed E-state index contributed by atoms with van der Waals surface area (Å²) in [5.74, 6) is 0.617. The van der Waals surface area contributed by atoms with Crippen LogP contribution in [0.25, 0.3) is 33.3 Å². The highest BCUT2D eigenvalue weighted by Gasteiger charge is 2.11. The Morgan fingerprint density at radius 2 is 1.93 bits per heavy atom. The van der Waals surface area contributed by atoms with Crippen LogP contribution in [0.2, 0.25) is 0 Å². The van der Waals surface area contributed by atoms with E-state index in [2.05, 4.69) is 80.4 Å². The molecule has 3 aromatic heterocycles. The maximum Gasteiger partial charge on any atom is 0.155 e. The monoisotopic (exact) mass is 691 g/mol. The van der Waals surface area contributed by atoms with Gasteiger partial charge in [0.05, 0.1) is 15.3 Å². The Morgan fingerprint density at radius 1 is 1.20 bits per heavy atom. The predicted molar refractivity (Wildman–Crippen MR) is 199 cm³/mol. The van der Waals surface area contributed by atoms with Gasteiger partial charge < -0.3 is 15.6 Å². The van der Waals surface area contributed by atoms with Crippen molar-refractivity contribution in [2.75, 3.05) is 13.6 Å². The molecule has 4 rings (SSSR count). The van der Waals surface area contributed by atoms with Crippen LogP contribution in [0.3, 0.4) is 0 Å². The third-order valence-corrected chi connectivity index (χ3v) is 7.45. The van der Waals surface area contributed by atoms with E-state index in [1.165, 1.54) is 22.7 Å². The molecule has 1 atom stereocenters. The number of nitrogens with two attached hydrogens (primary N) is 1. The first-order valence-corrected chi connectivity index (χ1v) is 16.3. The number of aryl methyl sites for hydroxylation is 1. The van der Waals surface area contributed by atoms with Crippen molar-refractivity contribution in [1.82, 2.24) is 24.5 Å². The van der Waals surface area contributed by atoms with E-state index in [1.54, 1.807) is 12.2 Å². The van der Waals surface area contributed by atoms with Gasteiger partial charge in [0, 0.05) is 59.4 Å². The molecule has 7 nitrogen and oxygen atoms in total. The molecule has 3 heterocycles. The summed E-state index contributed by atoms with van der Waals surface area (Å²) in [6, 6.07) is 8.46. The molecule has 4 aromatic rings. The topological polar surface area (TPSA) is 97.0 Å². The molecule has 0 radical (unpaired) electrons. The second-order valence-corrected chi connectivity index (χ2v) is 11.8. The molecule has 0 aliphatic heterocycles. The standard InChI is InChI=1S/C21H20N4.C13H21BrClN3.C2H6/c1-5-8-24-13-19(14(2)3)18-10-16(6-7-20(18)24)17-11-22-21-9-15(4)23-25(21)12-17;1-10(9-18-2)4-3-5-11(12(15)8-16)6-7-13(14)17;1-2/h5-7,9-13H,1-2,8H2,3-4H3;5-8,10,17-18H,3-4,9,16H2,1-2H3;1-2H3/b;7-6-,11-5-,12-8-,17-13?;. The summed E-state index contributed by atoms with van der Waals surface area (Å²) >= 11 is 9.06. The largest absolute Gasteiger partial charge is 0.403 e. The first kappa shape index (κ1) is 37.5. The molecular formula is C36H47BrClN7. The van der Waals surface area contributed by atoms with Crippen LogP contribution < -0.4 is 11.1 Å². The van der Waals surface area contributed by atoms with E-state index < -0.39 is 0 Å². The van der Waals surface area contributed by atoms with Gasteiger partial charge in [0.25, 0.3) is 0 Å². The molecule has 9 heteroatoms. The van der Waals surface area contributed by atoms with Crippen molar-refractivity contribution in [2.45, 2.75) is 54.0 Å². The first-order valence-electron chi connectivity index (χ1n) is 15.1. The van der Waals surface area contributed by atoms with E-state index in [0.29, 0.717) is 15.6 Å². The summed E-state index contributed by atoms with van der Waals surface area (Å²) in [6.07, 6.45) is 16.8. The average Bonchev–Trinajstić information content (AvgIpc) is 3.58. The van der Waals surface area contributed by atoms with Gasteiger partial charge in [0.15, 0.2) is 5.65 Å². The number of hydrogen-bond donors (Lipinski definition) is 3. The molecule has 0 bridgehead atoms. The number of hydrogen-bond acceptors (Lipinski definition) is 5. The second-order valence-electron chi connectivity index (χ2n) is 10.5. The minimum absolute atomic E-state index is 0.304. The van der Waals surface area contributed by atoms with E-state index in [0.717, 1.165) is 59.5 Å². The van der Waals surface area contributed by atoms with Crippen molar-refractivity contribution < 1.29 is 0 Å². The van der Waals surface area contributed by atoms with Gasteiger partial charge in [-0.1, -0.05) is 63.2 Å². The lowest BCUT2D eigenvalue weighted by molar-refractivity contribution is 0.509. The van der Waals surface area contributed by atoms with Crippen LogP contribution in [0, 0.1) is 18.3 Å². The molecule has 0 aliphatic carbocycles. The van der Waals surface area contributed by atoms with Crippen molar-refractivity contribution in [3.63, 3.8) is 0 Å². The van der Waals surface area contributed by atoms with Crippen molar-refractivity contribution in [1.29, 1.82) is 5.41 Å². The fourth-order valence-electron chi connectivity index (χ4n) is 4.73. The lowest BCUT2D eigenvalue weighted by Crippen LogP contribution is -2.15. The van der Waals surface area contributed by atoms with E-state index in [4.69, 9.17) is 22.7 Å². The van der Waals surface area contributed by atoms with Gasteiger partial charge in [-0.05, 0) is 97.0 Å². The zero-order valence-electron chi connectivity index (χ0n) is 27.4. The number of rotatable bonds is 12. The van der Waals surface area contributed by atoms with Gasteiger partial charge in [0.2, 0.25) is 0 Å². The molecule has 0 saturated heterocycles. The molecule has 0 spiro atoms. The van der Waals surface area contributed by atoms with Crippen LogP contribution in [0.15, 0.2) is 97.1 Å². The van der Waals surface area contributed by atoms with Crippen LogP contribution >= 0.6 is 27.5 Å². The number of benzene rings is 1. The number of allylic oxidation sites excluding steroid dienone is 7. The summed E-state index contributed by atoms with van der Waals surface area (Å²) in [4.78, 5) is 4.52. The summed E-state index contributed by atoms with van der Waals surface area (Å²) in [7, 11) is 1.95. The number of aromatic nitrogens is 4. The Balaban J connectivity index is 0.000000315. The fraction of sp³-hybridized carbons (Fsp3) is 0.306. The molecule has 0 aliphatic rings. The molecular weight excluding hydrogens is 646 g/mol. The fourth-order valence-corrected chi connectivity index (χ4v) is 5.00. The van der Waals surface area contributed by atoms with Crippen LogP contribution in [-0.2, 0) is 6.54 Å². The van der Waals surface area contributed by atoms with E-state index in [-0.39, 0.29) is 0 Å². The lowest BCUT2D eigenvalue weighted by atomic mass is 10.0. The number of halogens is 2. The van der Waals surface area contributed by atoms with E-state index in [1.807, 2.05) is 69.9 Å². The van der Waals surface area contributed by atoms with Crippen LogP contribution in [-0.4, -0.2) is 37.4 Å². The normalized spacial score (nSPS) is 12.4. The highest BCUT2D eigenvalue weighted by Crippen LogP contribution is 2.31. The summed E-state index contributed by atoms with van der Waals surface area (Å²) < 4.78 is 4.34. The summed E-state index contributed by atoms with van der Waals surface area (Å²) in [5.41, 5.74) is 13.7. The van der Waals surface area contributed by atoms with Crippen molar-refractivity contribution in [2.24, 2.45) is 11.7 Å². The maximum absolute atomic E-state index is 7.29. The molecule has 4 N–H and O–H groups in total. The molecule has 0 fully saturated rings. The van der Waals surface area contributed by atoms with Gasteiger partial charge in [-0.15, -0.1) is 6.58 Å². The first-order chi connectivity index (χ1) is 21.6. The Bertz CT molecular complexity index is 1690. The highest BCUT2D eigenvalue weighted by atomic mass is 79.9. The number of nitrogens with zero attached hydrogens (tertiary/aromatic N) is 4. The summed E-state index contributed by atoms with van der Waals surface area (Å²) in [6.45, 7) is 20.0. The Morgan fingerprint density at radius 3 is 2.56 bits per heavy atom. The highest BCUT2D eigenvalue weighted by molar-refractivity contribution is 9.18. The molecule has 0 saturated carbocycles. The third-order valence-electron chi connectivity index (χ3n) is 6.84. The van der Waals surface area contributed by atoms with Crippen LogP contribution in [0.1, 0.15) is 51.8 Å². The van der Waals surface area contributed by atoms with Crippen molar-refractivity contribution in [3.8, 4) is 11.1 Å². The average molecular weight is 693 g/mol. The minimum atomic E-state index is 0.304. The minimum Gasteiger partial charge on any atom is -0.403 e. The predicted octanol–water partition coefficient (Wildman–Crippen LogP) is 9.42. The Hall–Kier alpha value is -3.72. The summed E-state index contributed by atoms with van der Waals surface area (Å²) in [5, 5.41) is 16.6. The van der Waals surface area contributed by atoms with Gasteiger partial charge in [-0.25, -0.2) is 9.50 Å². The van der Waals surface area contributed by atoms with Gasteiger partial charge in [-0.2, -0.15) is 5.10 Å². The second kappa shape index (κ2) is 18.9. The molecule has 1 unspecified atom stereocenters. The Kier molecular flexibility index (Phi) is 15.8.